The van der Waals surface area contributed by atoms with Gasteiger partial charge in [-0.3, -0.25) is 4.79 Å². The van der Waals surface area contributed by atoms with Crippen molar-refractivity contribution in [3.8, 4) is 17.4 Å². The van der Waals surface area contributed by atoms with E-state index in [0.717, 1.165) is 29.1 Å². The molecular formula is C22H20F6N4O5S. The fraction of sp³-hybridized carbons (Fsp3) is 0.409. The maximum absolute atomic E-state index is 13.9. The normalized spacial score (nSPS) is 17.2. The third-order valence-electron chi connectivity index (χ3n) is 5.75. The number of imidazole rings is 1. The monoisotopic (exact) mass is 566 g/mol. The molecule has 0 spiro atoms. The largest absolute Gasteiger partial charge is 0.478 e. The van der Waals surface area contributed by atoms with Gasteiger partial charge in [-0.25, -0.2) is 18.4 Å². The van der Waals surface area contributed by atoms with Gasteiger partial charge in [0.1, 0.15) is 32.5 Å². The molecule has 1 fully saturated rings. The van der Waals surface area contributed by atoms with Gasteiger partial charge in [0.05, 0.1) is 17.7 Å². The number of carbonyl (C=O) groups excluding carboxylic acids is 1. The van der Waals surface area contributed by atoms with Gasteiger partial charge in [-0.05, 0) is 38.0 Å². The van der Waals surface area contributed by atoms with Gasteiger partial charge in [-0.2, -0.15) is 26.3 Å². The van der Waals surface area contributed by atoms with E-state index in [4.69, 9.17) is 4.74 Å². The number of halogens is 6. The van der Waals surface area contributed by atoms with Gasteiger partial charge in [0.25, 0.3) is 11.8 Å². The highest BCUT2D eigenvalue weighted by molar-refractivity contribution is 7.91. The Morgan fingerprint density at radius 1 is 1.16 bits per heavy atom. The zero-order valence-electron chi connectivity index (χ0n) is 19.6. The molecule has 16 heteroatoms. The molecule has 1 amide bonds. The molecule has 0 atom stereocenters. The van der Waals surface area contributed by atoms with Crippen LogP contribution in [0.2, 0.25) is 0 Å². The summed E-state index contributed by atoms with van der Waals surface area (Å²) in [5.74, 6) is -2.52. The van der Waals surface area contributed by atoms with Crippen LogP contribution in [0, 0.1) is 0 Å². The highest BCUT2D eigenvalue weighted by Gasteiger charge is 2.37. The zero-order chi connectivity index (χ0) is 27.9. The third kappa shape index (κ3) is 6.46. The first-order chi connectivity index (χ1) is 17.5. The summed E-state index contributed by atoms with van der Waals surface area (Å²) in [5, 5.41) is 2.65. The van der Waals surface area contributed by atoms with E-state index in [1.54, 1.807) is 6.92 Å². The Bertz CT molecular complexity index is 1460. The van der Waals surface area contributed by atoms with E-state index in [1.807, 2.05) is 0 Å². The summed E-state index contributed by atoms with van der Waals surface area (Å²) in [7, 11) is -3.22. The van der Waals surface area contributed by atoms with Crippen molar-refractivity contribution in [2.24, 2.45) is 0 Å². The van der Waals surface area contributed by atoms with E-state index in [1.165, 1.54) is 6.07 Å². The first kappa shape index (κ1) is 27.5. The van der Waals surface area contributed by atoms with Crippen LogP contribution in [0.15, 0.2) is 36.8 Å². The topological polar surface area (TPSA) is 112 Å². The number of nitrogens with zero attached hydrogens (tertiary/aromatic N) is 3. The van der Waals surface area contributed by atoms with Crippen molar-refractivity contribution in [2.75, 3.05) is 18.1 Å². The lowest BCUT2D eigenvalue weighted by Crippen LogP contribution is -2.51. The summed E-state index contributed by atoms with van der Waals surface area (Å²) in [6.07, 6.45) is -6.14. The molecular weight excluding hydrogens is 546 g/mol. The van der Waals surface area contributed by atoms with E-state index in [9.17, 15) is 39.6 Å². The number of nitrogens with one attached hydrogen (secondary N) is 1. The number of rotatable bonds is 6. The first-order valence-corrected chi connectivity index (χ1v) is 12.8. The molecule has 1 saturated heterocycles. The number of amides is 1. The summed E-state index contributed by atoms with van der Waals surface area (Å²) >= 11 is 0. The van der Waals surface area contributed by atoms with Crippen molar-refractivity contribution in [1.82, 2.24) is 19.7 Å². The molecule has 3 aromatic heterocycles. The van der Waals surface area contributed by atoms with Crippen LogP contribution in [0.1, 0.15) is 35.8 Å². The lowest BCUT2D eigenvalue weighted by atomic mass is 9.95. The van der Waals surface area contributed by atoms with E-state index < -0.39 is 68.8 Å². The van der Waals surface area contributed by atoms with Crippen LogP contribution in [0.5, 0.6) is 17.4 Å². The average Bonchev–Trinajstić information content (AvgIpc) is 3.23. The summed E-state index contributed by atoms with van der Waals surface area (Å²) < 4.78 is 113. The Morgan fingerprint density at radius 3 is 2.47 bits per heavy atom. The molecule has 3 aromatic rings. The molecule has 4 heterocycles. The van der Waals surface area contributed by atoms with Crippen LogP contribution in [0.4, 0.5) is 26.3 Å². The predicted molar refractivity (Wildman–Crippen MR) is 120 cm³/mol. The van der Waals surface area contributed by atoms with Crippen molar-refractivity contribution in [3.05, 3.63) is 48.0 Å². The van der Waals surface area contributed by atoms with Gasteiger partial charge in [0.15, 0.2) is 12.4 Å². The van der Waals surface area contributed by atoms with Crippen molar-refractivity contribution in [2.45, 2.75) is 37.7 Å². The van der Waals surface area contributed by atoms with Gasteiger partial charge in [-0.15, -0.1) is 0 Å². The van der Waals surface area contributed by atoms with E-state index in [0.29, 0.717) is 6.07 Å². The van der Waals surface area contributed by atoms with Gasteiger partial charge in [0.2, 0.25) is 0 Å². The van der Waals surface area contributed by atoms with Crippen LogP contribution in [0.25, 0.3) is 5.65 Å². The van der Waals surface area contributed by atoms with Gasteiger partial charge in [0, 0.05) is 17.9 Å². The van der Waals surface area contributed by atoms with E-state index >= 15 is 0 Å². The minimum Gasteiger partial charge on any atom is -0.478 e. The molecule has 0 aliphatic carbocycles. The number of pyridine rings is 2. The number of sulfone groups is 1. The Kier molecular flexibility index (Phi) is 6.96. The maximum Gasteiger partial charge on any atom is 0.422 e. The minimum absolute atomic E-state index is 0.128. The van der Waals surface area contributed by atoms with Gasteiger partial charge < -0.3 is 19.2 Å². The number of aromatic nitrogens is 3. The van der Waals surface area contributed by atoms with Crippen LogP contribution in [0.3, 0.4) is 0 Å². The molecule has 4 rings (SSSR count). The molecule has 0 unspecified atom stereocenters. The quantitative estimate of drug-likeness (QED) is 0.446. The smallest absolute Gasteiger partial charge is 0.422 e. The number of hydrogen-bond acceptors (Lipinski definition) is 7. The number of ether oxygens (including phenoxy) is 2. The maximum atomic E-state index is 13.9. The average molecular weight is 566 g/mol. The molecule has 38 heavy (non-hydrogen) atoms. The molecule has 9 nitrogen and oxygen atoms in total. The van der Waals surface area contributed by atoms with Crippen LogP contribution < -0.4 is 14.8 Å². The van der Waals surface area contributed by atoms with Gasteiger partial charge in [-0.1, -0.05) is 0 Å². The molecule has 1 N–H and O–H groups in total. The number of carbonyl (C=O) groups is 1. The minimum atomic E-state index is -4.94. The molecule has 1 aliphatic rings. The van der Waals surface area contributed by atoms with E-state index in [-0.39, 0.29) is 30.0 Å². The van der Waals surface area contributed by atoms with Crippen LogP contribution in [-0.2, 0) is 16.0 Å². The van der Waals surface area contributed by atoms with Crippen LogP contribution in [-0.4, -0.2) is 58.5 Å². The number of alkyl halides is 6. The lowest BCUT2D eigenvalue weighted by molar-refractivity contribution is -0.153. The number of hydrogen-bond donors (Lipinski definition) is 1. The second-order valence-electron chi connectivity index (χ2n) is 8.92. The SMILES string of the molecule is CC1(NC(=O)c2cn3cc(Oc4ncccc4OCC(F)(F)F)cc(C(F)(F)F)c3n2)CCS(=O)(=O)CC1. The fourth-order valence-electron chi connectivity index (χ4n) is 3.73. The highest BCUT2D eigenvalue weighted by Crippen LogP contribution is 2.37. The Labute approximate surface area is 211 Å². The Morgan fingerprint density at radius 2 is 1.84 bits per heavy atom. The summed E-state index contributed by atoms with van der Waals surface area (Å²) in [4.78, 5) is 20.4. The summed E-state index contributed by atoms with van der Waals surface area (Å²) in [6.45, 7) is -0.0412. The number of fused-ring (bicyclic) bond motifs is 1. The highest BCUT2D eigenvalue weighted by atomic mass is 32.2. The molecule has 206 valence electrons. The standard InChI is InChI=1S/C22H20F6N4O5S/c1-20(4-7-38(34,35)8-5-20)31-18(33)15-11-32-10-13(9-14(17(32)30-15)22(26,27)28)37-19-16(3-2-6-29-19)36-12-21(23,24)25/h2-3,6,9-11H,4-5,7-8,12H2,1H3,(H,31,33). The second kappa shape index (κ2) is 9.63. The third-order valence-corrected chi connectivity index (χ3v) is 7.40. The van der Waals surface area contributed by atoms with E-state index in [2.05, 4.69) is 20.0 Å². The van der Waals surface area contributed by atoms with Crippen molar-refractivity contribution < 1.29 is 49.0 Å². The fourth-order valence-corrected chi connectivity index (χ4v) is 5.46. The molecule has 0 bridgehead atoms. The predicted octanol–water partition coefficient (Wildman–Crippen LogP) is 4.18. The Balaban J connectivity index is 1.64. The molecule has 1 aliphatic heterocycles. The van der Waals surface area contributed by atoms with Crippen LogP contribution >= 0.6 is 0 Å². The molecule has 0 radical (unpaired) electrons. The zero-order valence-corrected chi connectivity index (χ0v) is 20.4. The summed E-state index contributed by atoms with van der Waals surface area (Å²) in [5.41, 5.74) is -3.17. The van der Waals surface area contributed by atoms with Gasteiger partial charge >= 0.3 is 12.4 Å². The lowest BCUT2D eigenvalue weighted by Gasteiger charge is -2.34. The second-order valence-corrected chi connectivity index (χ2v) is 11.2. The Hall–Kier alpha value is -3.56. The van der Waals surface area contributed by atoms with Crippen molar-refractivity contribution in [1.29, 1.82) is 0 Å². The summed E-state index contributed by atoms with van der Waals surface area (Å²) in [6, 6.07) is 2.93. The van der Waals surface area contributed by atoms with Crippen molar-refractivity contribution in [3.63, 3.8) is 0 Å². The molecule has 0 saturated carbocycles. The first-order valence-electron chi connectivity index (χ1n) is 11.0. The van der Waals surface area contributed by atoms with Crippen molar-refractivity contribution >= 4 is 21.4 Å². The molecule has 0 aromatic carbocycles.